The zero-order valence-corrected chi connectivity index (χ0v) is 8.69. The van der Waals surface area contributed by atoms with Gasteiger partial charge in [-0.2, -0.15) is 0 Å². The van der Waals surface area contributed by atoms with Crippen molar-refractivity contribution in [1.29, 1.82) is 0 Å². The number of nitrogens with one attached hydrogen (secondary N) is 1. The molecule has 0 radical (unpaired) electrons. The molecule has 0 saturated carbocycles. The van der Waals surface area contributed by atoms with Gasteiger partial charge in [-0.25, -0.2) is 0 Å². The van der Waals surface area contributed by atoms with Crippen molar-refractivity contribution in [3.8, 4) is 5.06 Å². The van der Waals surface area contributed by atoms with E-state index in [1.807, 2.05) is 0 Å². The molecule has 1 aliphatic heterocycles. The van der Waals surface area contributed by atoms with Gasteiger partial charge < -0.3 is 10.1 Å². The lowest BCUT2D eigenvalue weighted by atomic mass is 10.1. The summed E-state index contributed by atoms with van der Waals surface area (Å²) in [6, 6.07) is 4.18. The maximum atomic E-state index is 5.85. The Bertz CT molecular complexity index is 266. The van der Waals surface area contributed by atoms with Crippen LogP contribution in [-0.4, -0.2) is 19.2 Å². The number of ether oxygens (including phenoxy) is 1. The molecule has 1 saturated heterocycles. The normalized spacial score (nSPS) is 18.8. The van der Waals surface area contributed by atoms with Gasteiger partial charge in [0.1, 0.15) is 6.10 Å². The number of piperidine rings is 1. The minimum Gasteiger partial charge on any atom is -0.481 e. The van der Waals surface area contributed by atoms with Gasteiger partial charge in [0.15, 0.2) is 5.06 Å². The Hall–Kier alpha value is -0.540. The number of thiophene rings is 1. The summed E-state index contributed by atoms with van der Waals surface area (Å²) in [6.07, 6.45) is 2.70. The fraction of sp³-hybridized carbons (Fsp3) is 0.600. The summed E-state index contributed by atoms with van der Waals surface area (Å²) in [5, 5.41) is 4.40. The molecule has 0 bridgehead atoms. The lowest BCUT2D eigenvalue weighted by Gasteiger charge is -2.22. The molecule has 0 spiro atoms. The highest BCUT2D eigenvalue weighted by atomic mass is 32.1. The van der Waals surface area contributed by atoms with E-state index < -0.39 is 0 Å². The van der Waals surface area contributed by atoms with Gasteiger partial charge in [-0.15, -0.1) is 11.3 Å². The summed E-state index contributed by atoms with van der Waals surface area (Å²) in [5.74, 6) is 0. The molecule has 1 aromatic rings. The second-order valence-corrected chi connectivity index (χ2v) is 4.68. The molecule has 72 valence electrons. The molecule has 13 heavy (non-hydrogen) atoms. The molecule has 0 unspecified atom stereocenters. The summed E-state index contributed by atoms with van der Waals surface area (Å²) >= 11 is 1.74. The van der Waals surface area contributed by atoms with Gasteiger partial charge in [0, 0.05) is 4.88 Å². The predicted octanol–water partition coefficient (Wildman–Crippen LogP) is 2.19. The smallest absolute Gasteiger partial charge is 0.174 e. The van der Waals surface area contributed by atoms with Gasteiger partial charge in [0.2, 0.25) is 0 Å². The highest BCUT2D eigenvalue weighted by molar-refractivity contribution is 7.13. The summed E-state index contributed by atoms with van der Waals surface area (Å²) in [6.45, 7) is 4.30. The minimum atomic E-state index is 0.430. The Morgan fingerprint density at radius 3 is 2.77 bits per heavy atom. The molecule has 1 aliphatic rings. The molecule has 0 aromatic carbocycles. The van der Waals surface area contributed by atoms with E-state index in [1.165, 1.54) is 4.88 Å². The molecule has 0 atom stereocenters. The summed E-state index contributed by atoms with van der Waals surface area (Å²) in [4.78, 5) is 1.32. The third kappa shape index (κ3) is 2.45. The highest BCUT2D eigenvalue weighted by Crippen LogP contribution is 2.25. The zero-order chi connectivity index (χ0) is 9.10. The molecular formula is C10H15NOS. The standard InChI is InChI=1S/C10H15NOS/c1-8-2-3-10(13-8)12-9-4-6-11-7-5-9/h2-3,9,11H,4-7H2,1H3. The van der Waals surface area contributed by atoms with Crippen LogP contribution in [0.1, 0.15) is 17.7 Å². The van der Waals surface area contributed by atoms with Crippen LogP contribution >= 0.6 is 11.3 Å². The quantitative estimate of drug-likeness (QED) is 0.784. The van der Waals surface area contributed by atoms with E-state index in [-0.39, 0.29) is 0 Å². The number of aryl methyl sites for hydroxylation is 1. The molecule has 2 rings (SSSR count). The lowest BCUT2D eigenvalue weighted by molar-refractivity contribution is 0.168. The van der Waals surface area contributed by atoms with Crippen LogP contribution in [0.4, 0.5) is 0 Å². The van der Waals surface area contributed by atoms with Crippen molar-refractivity contribution >= 4 is 11.3 Å². The molecular weight excluding hydrogens is 182 g/mol. The number of hydrogen-bond acceptors (Lipinski definition) is 3. The van der Waals surface area contributed by atoms with Crippen LogP contribution in [0.2, 0.25) is 0 Å². The maximum absolute atomic E-state index is 5.85. The van der Waals surface area contributed by atoms with E-state index in [0.29, 0.717) is 6.10 Å². The first-order chi connectivity index (χ1) is 6.34. The Morgan fingerprint density at radius 2 is 2.15 bits per heavy atom. The first kappa shape index (κ1) is 9.03. The topological polar surface area (TPSA) is 21.3 Å². The van der Waals surface area contributed by atoms with Crippen LogP contribution in [0.15, 0.2) is 12.1 Å². The highest BCUT2D eigenvalue weighted by Gasteiger charge is 2.14. The van der Waals surface area contributed by atoms with Crippen LogP contribution in [-0.2, 0) is 0 Å². The molecule has 1 N–H and O–H groups in total. The average molecular weight is 197 g/mol. The Kier molecular flexibility index (Phi) is 2.86. The first-order valence-electron chi connectivity index (χ1n) is 4.78. The van der Waals surface area contributed by atoms with Crippen LogP contribution in [0.25, 0.3) is 0 Å². The van der Waals surface area contributed by atoms with Crippen LogP contribution in [0.3, 0.4) is 0 Å². The largest absolute Gasteiger partial charge is 0.481 e. The Labute approximate surface area is 82.9 Å². The fourth-order valence-electron chi connectivity index (χ4n) is 1.55. The summed E-state index contributed by atoms with van der Waals surface area (Å²) in [7, 11) is 0. The summed E-state index contributed by atoms with van der Waals surface area (Å²) in [5.41, 5.74) is 0. The fourth-order valence-corrected chi connectivity index (χ4v) is 2.33. The third-order valence-electron chi connectivity index (χ3n) is 2.28. The molecule has 1 aromatic heterocycles. The van der Waals surface area contributed by atoms with E-state index in [1.54, 1.807) is 11.3 Å². The molecule has 0 amide bonds. The van der Waals surface area contributed by atoms with E-state index in [0.717, 1.165) is 31.0 Å². The van der Waals surface area contributed by atoms with Crippen LogP contribution in [0, 0.1) is 6.92 Å². The van der Waals surface area contributed by atoms with Gasteiger partial charge in [-0.3, -0.25) is 0 Å². The van der Waals surface area contributed by atoms with Crippen molar-refractivity contribution in [1.82, 2.24) is 5.32 Å². The number of rotatable bonds is 2. The molecule has 0 aliphatic carbocycles. The molecule has 3 heteroatoms. The predicted molar refractivity (Wildman–Crippen MR) is 55.6 cm³/mol. The van der Waals surface area contributed by atoms with Crippen molar-refractivity contribution in [2.45, 2.75) is 25.9 Å². The van der Waals surface area contributed by atoms with Crippen molar-refractivity contribution in [3.05, 3.63) is 17.0 Å². The minimum absolute atomic E-state index is 0.430. The molecule has 1 fully saturated rings. The summed E-state index contributed by atoms with van der Waals surface area (Å²) < 4.78 is 5.85. The monoisotopic (exact) mass is 197 g/mol. The van der Waals surface area contributed by atoms with Gasteiger partial charge >= 0.3 is 0 Å². The molecule has 2 nitrogen and oxygen atoms in total. The van der Waals surface area contributed by atoms with Gasteiger partial charge in [-0.1, -0.05) is 0 Å². The van der Waals surface area contributed by atoms with Gasteiger partial charge in [-0.05, 0) is 45.0 Å². The maximum Gasteiger partial charge on any atom is 0.174 e. The second-order valence-electron chi connectivity index (χ2n) is 3.43. The van der Waals surface area contributed by atoms with Gasteiger partial charge in [0.25, 0.3) is 0 Å². The van der Waals surface area contributed by atoms with E-state index in [2.05, 4.69) is 24.4 Å². The van der Waals surface area contributed by atoms with Crippen molar-refractivity contribution in [3.63, 3.8) is 0 Å². The van der Waals surface area contributed by atoms with Crippen molar-refractivity contribution in [2.24, 2.45) is 0 Å². The third-order valence-corrected chi connectivity index (χ3v) is 3.18. The van der Waals surface area contributed by atoms with Crippen molar-refractivity contribution < 1.29 is 4.74 Å². The Balaban J connectivity index is 1.89. The second kappa shape index (κ2) is 4.11. The van der Waals surface area contributed by atoms with Crippen LogP contribution < -0.4 is 10.1 Å². The van der Waals surface area contributed by atoms with E-state index >= 15 is 0 Å². The van der Waals surface area contributed by atoms with E-state index in [4.69, 9.17) is 4.74 Å². The van der Waals surface area contributed by atoms with E-state index in [9.17, 15) is 0 Å². The Morgan fingerprint density at radius 1 is 1.38 bits per heavy atom. The number of hydrogen-bond donors (Lipinski definition) is 1. The van der Waals surface area contributed by atoms with Crippen molar-refractivity contribution in [2.75, 3.05) is 13.1 Å². The van der Waals surface area contributed by atoms with Crippen LogP contribution in [0.5, 0.6) is 5.06 Å². The lowest BCUT2D eigenvalue weighted by Crippen LogP contribution is -2.33. The first-order valence-corrected chi connectivity index (χ1v) is 5.60. The van der Waals surface area contributed by atoms with Gasteiger partial charge in [0.05, 0.1) is 0 Å². The molecule has 2 heterocycles. The average Bonchev–Trinajstić information content (AvgIpc) is 2.53. The zero-order valence-electron chi connectivity index (χ0n) is 7.88. The SMILES string of the molecule is Cc1ccc(OC2CCNCC2)s1.